The van der Waals surface area contributed by atoms with Crippen LogP contribution >= 0.6 is 11.8 Å². The fourth-order valence-corrected chi connectivity index (χ4v) is 3.57. The number of anilines is 2. The van der Waals surface area contributed by atoms with Gasteiger partial charge in [-0.1, -0.05) is 31.0 Å². The van der Waals surface area contributed by atoms with Crippen LogP contribution in [0.25, 0.3) is 0 Å². The summed E-state index contributed by atoms with van der Waals surface area (Å²) in [5.41, 5.74) is 5.03. The first-order chi connectivity index (χ1) is 13.0. The Morgan fingerprint density at radius 2 is 2.11 bits per heavy atom. The van der Waals surface area contributed by atoms with Crippen LogP contribution < -0.4 is 21.9 Å². The van der Waals surface area contributed by atoms with Gasteiger partial charge < -0.3 is 20.8 Å². The minimum absolute atomic E-state index is 0.0478. The standard InChI is InChI=1S/C17H21N5O4S/c18-14-13(20-15(24)11-7-4-8-26-11)16(25)22-17(21-14)27-9-12(23)19-10-5-2-1-3-6-10/h4,7-8,10H,1-3,5-6,9H2,(H,19,23)(H,20,24)(H3,18,21,22,25). The Balaban J connectivity index is 1.58. The average molecular weight is 391 g/mol. The second kappa shape index (κ2) is 8.76. The van der Waals surface area contributed by atoms with Gasteiger partial charge in [-0.05, 0) is 25.0 Å². The summed E-state index contributed by atoms with van der Waals surface area (Å²) in [5.74, 6) is -0.674. The highest BCUT2D eigenvalue weighted by molar-refractivity contribution is 7.99. The molecule has 0 bridgehead atoms. The fourth-order valence-electron chi connectivity index (χ4n) is 2.89. The Labute approximate surface area is 159 Å². The zero-order valence-corrected chi connectivity index (χ0v) is 15.4. The van der Waals surface area contributed by atoms with E-state index in [1.54, 1.807) is 6.07 Å². The summed E-state index contributed by atoms with van der Waals surface area (Å²) in [5, 5.41) is 5.58. The number of carbonyl (C=O) groups is 2. The summed E-state index contributed by atoms with van der Waals surface area (Å²) in [7, 11) is 0. The number of aromatic nitrogens is 2. The average Bonchev–Trinajstić information content (AvgIpc) is 3.18. The van der Waals surface area contributed by atoms with Gasteiger partial charge in [-0.2, -0.15) is 0 Å². The molecule has 10 heteroatoms. The van der Waals surface area contributed by atoms with E-state index in [4.69, 9.17) is 10.2 Å². The Hall–Kier alpha value is -2.75. The second-order valence-corrected chi connectivity index (χ2v) is 7.22. The maximum Gasteiger partial charge on any atom is 0.291 e. The maximum atomic E-state index is 12.2. The summed E-state index contributed by atoms with van der Waals surface area (Å²) < 4.78 is 4.96. The lowest BCUT2D eigenvalue weighted by Crippen LogP contribution is -2.37. The fraction of sp³-hybridized carbons (Fsp3) is 0.412. The van der Waals surface area contributed by atoms with E-state index in [0.29, 0.717) is 0 Å². The summed E-state index contributed by atoms with van der Waals surface area (Å²) in [6.07, 6.45) is 6.83. The van der Waals surface area contributed by atoms with Gasteiger partial charge in [0.1, 0.15) is 0 Å². The van der Waals surface area contributed by atoms with Crippen molar-refractivity contribution < 1.29 is 14.0 Å². The van der Waals surface area contributed by atoms with Crippen LogP contribution in [0.5, 0.6) is 0 Å². The number of nitrogens with one attached hydrogen (secondary N) is 3. The first kappa shape index (κ1) is 19.0. The molecule has 0 radical (unpaired) electrons. The maximum absolute atomic E-state index is 12.2. The highest BCUT2D eigenvalue weighted by Gasteiger charge is 2.18. The van der Waals surface area contributed by atoms with E-state index < -0.39 is 11.5 Å². The molecule has 1 fully saturated rings. The van der Waals surface area contributed by atoms with Gasteiger partial charge in [0.25, 0.3) is 11.5 Å². The van der Waals surface area contributed by atoms with Gasteiger partial charge in [0, 0.05) is 6.04 Å². The predicted molar refractivity (Wildman–Crippen MR) is 102 cm³/mol. The normalized spacial score (nSPS) is 14.7. The molecule has 1 saturated carbocycles. The first-order valence-electron chi connectivity index (χ1n) is 8.69. The van der Waals surface area contributed by atoms with E-state index in [1.807, 2.05) is 0 Å². The Kier molecular flexibility index (Phi) is 6.17. The van der Waals surface area contributed by atoms with Crippen LogP contribution in [0.15, 0.2) is 32.8 Å². The minimum Gasteiger partial charge on any atom is -0.459 e. The van der Waals surface area contributed by atoms with Crippen LogP contribution in [0.1, 0.15) is 42.7 Å². The van der Waals surface area contributed by atoms with Gasteiger partial charge in [-0.3, -0.25) is 19.4 Å². The van der Waals surface area contributed by atoms with E-state index in [9.17, 15) is 14.4 Å². The monoisotopic (exact) mass is 391 g/mol. The van der Waals surface area contributed by atoms with Crippen LogP contribution in [0.2, 0.25) is 0 Å². The molecule has 0 unspecified atom stereocenters. The third-order valence-corrected chi connectivity index (χ3v) is 5.09. The molecule has 0 atom stereocenters. The molecule has 3 rings (SSSR count). The van der Waals surface area contributed by atoms with E-state index >= 15 is 0 Å². The Morgan fingerprint density at radius 1 is 1.33 bits per heavy atom. The second-order valence-electron chi connectivity index (χ2n) is 6.25. The summed E-state index contributed by atoms with van der Waals surface area (Å²) in [6.45, 7) is 0. The number of amides is 2. The third-order valence-electron chi connectivity index (χ3n) is 4.22. The van der Waals surface area contributed by atoms with Crippen molar-refractivity contribution in [3.8, 4) is 0 Å². The number of nitrogens with zero attached hydrogens (tertiary/aromatic N) is 1. The lowest BCUT2D eigenvalue weighted by atomic mass is 9.95. The predicted octanol–water partition coefficient (Wildman–Crippen LogP) is 1.74. The molecule has 0 aliphatic heterocycles. The molecule has 27 heavy (non-hydrogen) atoms. The van der Waals surface area contributed by atoms with Crippen molar-refractivity contribution in [3.05, 3.63) is 34.5 Å². The van der Waals surface area contributed by atoms with Crippen molar-refractivity contribution in [2.24, 2.45) is 0 Å². The highest BCUT2D eigenvalue weighted by Crippen LogP contribution is 2.19. The van der Waals surface area contributed by atoms with Gasteiger partial charge in [-0.25, -0.2) is 4.98 Å². The van der Waals surface area contributed by atoms with E-state index in [-0.39, 0.29) is 40.1 Å². The van der Waals surface area contributed by atoms with Crippen molar-refractivity contribution >= 4 is 35.1 Å². The lowest BCUT2D eigenvalue weighted by molar-refractivity contribution is -0.119. The van der Waals surface area contributed by atoms with Crippen LogP contribution in [-0.4, -0.2) is 33.6 Å². The summed E-state index contributed by atoms with van der Waals surface area (Å²) in [6, 6.07) is 3.24. The lowest BCUT2D eigenvalue weighted by Gasteiger charge is -2.22. The van der Waals surface area contributed by atoms with Crippen molar-refractivity contribution in [3.63, 3.8) is 0 Å². The van der Waals surface area contributed by atoms with Crippen molar-refractivity contribution in [1.29, 1.82) is 0 Å². The number of nitrogens with two attached hydrogens (primary N) is 1. The van der Waals surface area contributed by atoms with E-state index in [0.717, 1.165) is 37.4 Å². The first-order valence-corrected chi connectivity index (χ1v) is 9.68. The molecule has 2 aromatic rings. The molecule has 0 aromatic carbocycles. The highest BCUT2D eigenvalue weighted by atomic mass is 32.2. The third kappa shape index (κ3) is 5.13. The van der Waals surface area contributed by atoms with E-state index in [1.165, 1.54) is 18.8 Å². The number of nitrogen functional groups attached to an aromatic ring is 1. The summed E-state index contributed by atoms with van der Waals surface area (Å²) in [4.78, 5) is 42.8. The number of furan rings is 1. The van der Waals surface area contributed by atoms with Gasteiger partial charge in [0.15, 0.2) is 22.4 Å². The van der Waals surface area contributed by atoms with Crippen molar-refractivity contribution in [1.82, 2.24) is 15.3 Å². The molecular formula is C17H21N5O4S. The van der Waals surface area contributed by atoms with Crippen molar-refractivity contribution in [2.75, 3.05) is 16.8 Å². The minimum atomic E-state index is -0.605. The number of aromatic amines is 1. The smallest absolute Gasteiger partial charge is 0.291 e. The van der Waals surface area contributed by atoms with Gasteiger partial charge >= 0.3 is 0 Å². The molecule has 2 amide bonds. The number of H-pyrrole nitrogens is 1. The van der Waals surface area contributed by atoms with Gasteiger partial charge in [0.05, 0.1) is 12.0 Å². The SMILES string of the molecule is Nc1nc(SCC(=O)NC2CCCCC2)[nH]c(=O)c1NC(=O)c1ccco1. The molecule has 5 N–H and O–H groups in total. The molecule has 1 aliphatic carbocycles. The van der Waals surface area contributed by atoms with Crippen molar-refractivity contribution in [2.45, 2.75) is 43.3 Å². The topological polar surface area (TPSA) is 143 Å². The zero-order valence-electron chi connectivity index (χ0n) is 14.6. The van der Waals surface area contributed by atoms with Crippen LogP contribution in [0.4, 0.5) is 11.5 Å². The van der Waals surface area contributed by atoms with Gasteiger partial charge in [0.2, 0.25) is 5.91 Å². The molecule has 2 heterocycles. The zero-order chi connectivity index (χ0) is 19.2. The van der Waals surface area contributed by atoms with Crippen LogP contribution in [0.3, 0.4) is 0 Å². The molecular weight excluding hydrogens is 370 g/mol. The molecule has 2 aromatic heterocycles. The Morgan fingerprint density at radius 3 is 2.78 bits per heavy atom. The number of hydrogen-bond acceptors (Lipinski definition) is 7. The molecule has 1 aliphatic rings. The van der Waals surface area contributed by atoms with Crippen LogP contribution in [-0.2, 0) is 4.79 Å². The molecule has 9 nitrogen and oxygen atoms in total. The largest absolute Gasteiger partial charge is 0.459 e. The number of thioether (sulfide) groups is 1. The number of rotatable bonds is 6. The molecule has 144 valence electrons. The summed E-state index contributed by atoms with van der Waals surface area (Å²) >= 11 is 1.08. The quantitative estimate of drug-likeness (QED) is 0.434. The van der Waals surface area contributed by atoms with Gasteiger partial charge in [-0.15, -0.1) is 0 Å². The van der Waals surface area contributed by atoms with E-state index in [2.05, 4.69) is 20.6 Å². The van der Waals surface area contributed by atoms with Crippen LogP contribution in [0, 0.1) is 0 Å². The molecule has 0 saturated heterocycles. The number of carbonyl (C=O) groups excluding carboxylic acids is 2. The number of hydrogen-bond donors (Lipinski definition) is 4. The Bertz CT molecular complexity index is 859. The molecule has 0 spiro atoms.